The molecule has 26 heavy (non-hydrogen) atoms. The molecule has 1 aliphatic heterocycles. The van der Waals surface area contributed by atoms with Crippen molar-refractivity contribution < 1.29 is 4.79 Å². The van der Waals surface area contributed by atoms with E-state index in [-0.39, 0.29) is 11.8 Å². The topological polar surface area (TPSA) is 59.2 Å². The number of nitrogens with zero attached hydrogens (tertiary/aromatic N) is 2. The highest BCUT2D eigenvalue weighted by Gasteiger charge is 2.23. The third-order valence-corrected chi connectivity index (χ3v) is 5.27. The van der Waals surface area contributed by atoms with E-state index in [4.69, 9.17) is 5.73 Å². The van der Waals surface area contributed by atoms with Crippen molar-refractivity contribution in [2.75, 3.05) is 13.1 Å². The molecule has 0 saturated carbocycles. The van der Waals surface area contributed by atoms with Crippen LogP contribution in [0.25, 0.3) is 21.9 Å². The number of aromatic nitrogens is 1. The lowest BCUT2D eigenvalue weighted by molar-refractivity contribution is -0.123. The Hall–Kier alpha value is -2.72. The van der Waals surface area contributed by atoms with Crippen molar-refractivity contribution in [2.45, 2.75) is 19.4 Å². The normalized spacial score (nSPS) is 16.0. The Balaban J connectivity index is 1.50. The number of hydrogen-bond acceptors (Lipinski definition) is 3. The number of hydrogen-bond donors (Lipinski definition) is 1. The molecule has 4 rings (SSSR count). The summed E-state index contributed by atoms with van der Waals surface area (Å²) in [5.74, 6) is -0.127. The zero-order valence-corrected chi connectivity index (χ0v) is 14.8. The van der Waals surface area contributed by atoms with Crippen LogP contribution in [0.15, 0.2) is 60.9 Å². The number of piperidine rings is 1. The SMILES string of the molecule is NC(=O)C1CCN(Cc2cncc(-c3ccc4ccccc4c3)c2)CC1. The number of fused-ring (bicyclic) bond motifs is 1. The average molecular weight is 345 g/mol. The predicted octanol–water partition coefficient (Wildman–Crippen LogP) is 3.60. The highest BCUT2D eigenvalue weighted by Crippen LogP contribution is 2.25. The van der Waals surface area contributed by atoms with Gasteiger partial charge in [-0.1, -0.05) is 36.4 Å². The summed E-state index contributed by atoms with van der Waals surface area (Å²) in [6.07, 6.45) is 5.57. The summed E-state index contributed by atoms with van der Waals surface area (Å²) < 4.78 is 0. The van der Waals surface area contributed by atoms with Crippen LogP contribution in [0, 0.1) is 5.92 Å². The minimum atomic E-state index is -0.162. The average Bonchev–Trinajstić information content (AvgIpc) is 2.68. The van der Waals surface area contributed by atoms with E-state index in [1.54, 1.807) is 0 Å². The van der Waals surface area contributed by atoms with Gasteiger partial charge in [-0.05, 0) is 60.0 Å². The summed E-state index contributed by atoms with van der Waals surface area (Å²) in [7, 11) is 0. The number of carbonyl (C=O) groups excluding carboxylic acids is 1. The highest BCUT2D eigenvalue weighted by molar-refractivity contribution is 5.87. The van der Waals surface area contributed by atoms with Crippen LogP contribution in [-0.2, 0) is 11.3 Å². The lowest BCUT2D eigenvalue weighted by Gasteiger charge is -2.30. The standard InChI is InChI=1S/C22H23N3O/c23-22(26)18-7-9-25(10-8-18)15-16-11-21(14-24-13-16)20-6-5-17-3-1-2-4-19(17)12-20/h1-6,11-14,18H,7-10,15H2,(H2,23,26). The molecular weight excluding hydrogens is 322 g/mol. The maximum Gasteiger partial charge on any atom is 0.220 e. The van der Waals surface area contributed by atoms with Crippen molar-refractivity contribution in [3.05, 3.63) is 66.5 Å². The van der Waals surface area contributed by atoms with E-state index in [1.165, 1.54) is 21.9 Å². The fourth-order valence-electron chi connectivity index (χ4n) is 3.73. The number of rotatable bonds is 4. The minimum absolute atomic E-state index is 0.0355. The zero-order valence-electron chi connectivity index (χ0n) is 14.8. The first-order chi connectivity index (χ1) is 12.7. The molecule has 3 aromatic rings. The van der Waals surface area contributed by atoms with Crippen molar-refractivity contribution in [1.29, 1.82) is 0 Å². The maximum absolute atomic E-state index is 11.3. The molecule has 0 radical (unpaired) electrons. The first kappa shape index (κ1) is 16.7. The second-order valence-electron chi connectivity index (χ2n) is 7.10. The van der Waals surface area contributed by atoms with E-state index in [1.807, 2.05) is 12.4 Å². The van der Waals surface area contributed by atoms with Crippen LogP contribution in [0.5, 0.6) is 0 Å². The molecule has 0 unspecified atom stereocenters. The van der Waals surface area contributed by atoms with Crippen molar-refractivity contribution >= 4 is 16.7 Å². The monoisotopic (exact) mass is 345 g/mol. The Kier molecular flexibility index (Phi) is 4.67. The van der Waals surface area contributed by atoms with Gasteiger partial charge in [-0.15, -0.1) is 0 Å². The Labute approximate surface area is 153 Å². The first-order valence-electron chi connectivity index (χ1n) is 9.14. The molecule has 0 bridgehead atoms. The summed E-state index contributed by atoms with van der Waals surface area (Å²) in [6, 6.07) is 17.1. The summed E-state index contributed by atoms with van der Waals surface area (Å²) in [4.78, 5) is 18.1. The number of likely N-dealkylation sites (tertiary alicyclic amines) is 1. The molecule has 0 aliphatic carbocycles. The summed E-state index contributed by atoms with van der Waals surface area (Å²) in [5.41, 5.74) is 8.95. The molecule has 1 fully saturated rings. The Morgan fingerprint density at radius 1 is 1.00 bits per heavy atom. The zero-order chi connectivity index (χ0) is 17.9. The van der Waals surface area contributed by atoms with Crippen LogP contribution in [0.2, 0.25) is 0 Å². The fraction of sp³-hybridized carbons (Fsp3) is 0.273. The molecule has 1 amide bonds. The highest BCUT2D eigenvalue weighted by atomic mass is 16.1. The van der Waals surface area contributed by atoms with E-state index in [0.29, 0.717) is 0 Å². The maximum atomic E-state index is 11.3. The molecule has 1 aliphatic rings. The molecular formula is C22H23N3O. The van der Waals surface area contributed by atoms with E-state index < -0.39 is 0 Å². The van der Waals surface area contributed by atoms with Crippen LogP contribution < -0.4 is 5.73 Å². The third kappa shape index (κ3) is 3.60. The second kappa shape index (κ2) is 7.26. The van der Waals surface area contributed by atoms with Gasteiger partial charge in [-0.3, -0.25) is 14.7 Å². The number of carbonyl (C=O) groups is 1. The van der Waals surface area contributed by atoms with Crippen molar-refractivity contribution in [3.8, 4) is 11.1 Å². The molecule has 1 aromatic heterocycles. The summed E-state index contributed by atoms with van der Waals surface area (Å²) >= 11 is 0. The summed E-state index contributed by atoms with van der Waals surface area (Å²) in [5, 5.41) is 2.49. The number of benzene rings is 2. The van der Waals surface area contributed by atoms with E-state index in [9.17, 15) is 4.79 Å². The van der Waals surface area contributed by atoms with Gasteiger partial charge in [0.15, 0.2) is 0 Å². The smallest absolute Gasteiger partial charge is 0.220 e. The Morgan fingerprint density at radius 3 is 2.54 bits per heavy atom. The van der Waals surface area contributed by atoms with Gasteiger partial charge in [0, 0.05) is 30.4 Å². The van der Waals surface area contributed by atoms with Gasteiger partial charge in [0.05, 0.1) is 0 Å². The molecule has 1 saturated heterocycles. The van der Waals surface area contributed by atoms with Gasteiger partial charge in [0.1, 0.15) is 0 Å². The van der Waals surface area contributed by atoms with Gasteiger partial charge in [0.25, 0.3) is 0 Å². The minimum Gasteiger partial charge on any atom is -0.369 e. The van der Waals surface area contributed by atoms with Crippen molar-refractivity contribution in [3.63, 3.8) is 0 Å². The predicted molar refractivity (Wildman–Crippen MR) is 104 cm³/mol. The molecule has 0 atom stereocenters. The number of primary amides is 1. The molecule has 132 valence electrons. The first-order valence-corrected chi connectivity index (χ1v) is 9.14. The molecule has 4 heteroatoms. The lowest BCUT2D eigenvalue weighted by Crippen LogP contribution is -2.38. The third-order valence-electron chi connectivity index (χ3n) is 5.27. The van der Waals surface area contributed by atoms with Gasteiger partial charge >= 0.3 is 0 Å². The van der Waals surface area contributed by atoms with Crippen LogP contribution in [0.1, 0.15) is 18.4 Å². The molecule has 2 heterocycles. The largest absolute Gasteiger partial charge is 0.369 e. The van der Waals surface area contributed by atoms with Crippen LogP contribution in [-0.4, -0.2) is 28.9 Å². The molecule has 4 nitrogen and oxygen atoms in total. The van der Waals surface area contributed by atoms with Gasteiger partial charge in [0.2, 0.25) is 5.91 Å². The van der Waals surface area contributed by atoms with Gasteiger partial charge in [-0.25, -0.2) is 0 Å². The molecule has 0 spiro atoms. The van der Waals surface area contributed by atoms with Crippen LogP contribution in [0.3, 0.4) is 0 Å². The van der Waals surface area contributed by atoms with Crippen molar-refractivity contribution in [1.82, 2.24) is 9.88 Å². The van der Waals surface area contributed by atoms with Gasteiger partial charge in [-0.2, -0.15) is 0 Å². The lowest BCUT2D eigenvalue weighted by atomic mass is 9.96. The van der Waals surface area contributed by atoms with E-state index in [2.05, 4.69) is 58.4 Å². The van der Waals surface area contributed by atoms with Crippen molar-refractivity contribution in [2.24, 2.45) is 11.7 Å². The van der Waals surface area contributed by atoms with Crippen LogP contribution in [0.4, 0.5) is 0 Å². The number of amides is 1. The van der Waals surface area contributed by atoms with Gasteiger partial charge < -0.3 is 5.73 Å². The number of pyridine rings is 1. The van der Waals surface area contributed by atoms with Crippen LogP contribution >= 0.6 is 0 Å². The Bertz CT molecular complexity index is 929. The molecule has 2 aromatic carbocycles. The van der Waals surface area contributed by atoms with E-state index in [0.717, 1.165) is 38.0 Å². The number of nitrogens with two attached hydrogens (primary N) is 1. The quantitative estimate of drug-likeness (QED) is 0.786. The summed E-state index contributed by atoms with van der Waals surface area (Å²) in [6.45, 7) is 2.68. The second-order valence-corrected chi connectivity index (χ2v) is 7.10. The fourth-order valence-corrected chi connectivity index (χ4v) is 3.73. The van der Waals surface area contributed by atoms with E-state index >= 15 is 0 Å². The molecule has 2 N–H and O–H groups in total. The Morgan fingerprint density at radius 2 is 1.77 bits per heavy atom.